The summed E-state index contributed by atoms with van der Waals surface area (Å²) < 4.78 is 5.92. The molecule has 6 nitrogen and oxygen atoms in total. The third-order valence-electron chi connectivity index (χ3n) is 5.18. The second-order valence-electron chi connectivity index (χ2n) is 6.83. The zero-order valence-corrected chi connectivity index (χ0v) is 14.8. The summed E-state index contributed by atoms with van der Waals surface area (Å²) in [5.41, 5.74) is 2.93. The van der Waals surface area contributed by atoms with Gasteiger partial charge in [-0.15, -0.1) is 5.10 Å². The SMILES string of the molecule is c1ccc2oc(-c3cnnc(N4CCC(c5ccncc5)CC4)n3)cc2c1. The standard InChI is InChI=1S/C21H19N5O/c1-2-4-19-17(3-1)13-20(27-19)18-14-23-25-21(24-18)26-11-7-16(8-12-26)15-5-9-22-10-6-15/h1-6,9-10,13-14,16H,7-8,11-12H2. The summed E-state index contributed by atoms with van der Waals surface area (Å²) in [6, 6.07) is 14.2. The van der Waals surface area contributed by atoms with Crippen molar-refractivity contribution in [2.45, 2.75) is 18.8 Å². The Balaban J connectivity index is 1.35. The van der Waals surface area contributed by atoms with Crippen molar-refractivity contribution in [2.24, 2.45) is 0 Å². The second-order valence-corrected chi connectivity index (χ2v) is 6.83. The van der Waals surface area contributed by atoms with Crippen molar-refractivity contribution in [2.75, 3.05) is 18.0 Å². The number of hydrogen-bond acceptors (Lipinski definition) is 6. The monoisotopic (exact) mass is 357 g/mol. The number of piperidine rings is 1. The molecule has 0 spiro atoms. The van der Waals surface area contributed by atoms with Crippen LogP contribution in [-0.2, 0) is 0 Å². The number of benzene rings is 1. The van der Waals surface area contributed by atoms with Gasteiger partial charge in [0, 0.05) is 30.9 Å². The van der Waals surface area contributed by atoms with Crippen molar-refractivity contribution in [3.8, 4) is 11.5 Å². The Bertz CT molecular complexity index is 1020. The lowest BCUT2D eigenvalue weighted by Crippen LogP contribution is -2.34. The fourth-order valence-corrected chi connectivity index (χ4v) is 3.70. The number of rotatable bonds is 3. The molecular weight excluding hydrogens is 338 g/mol. The van der Waals surface area contributed by atoms with Crippen LogP contribution in [-0.4, -0.2) is 33.3 Å². The van der Waals surface area contributed by atoms with E-state index >= 15 is 0 Å². The van der Waals surface area contributed by atoms with Gasteiger partial charge in [0.2, 0.25) is 5.95 Å². The van der Waals surface area contributed by atoms with Gasteiger partial charge in [0.1, 0.15) is 11.3 Å². The van der Waals surface area contributed by atoms with E-state index in [9.17, 15) is 0 Å². The summed E-state index contributed by atoms with van der Waals surface area (Å²) in [5.74, 6) is 1.95. The number of pyridine rings is 1. The van der Waals surface area contributed by atoms with Gasteiger partial charge in [0.25, 0.3) is 0 Å². The molecule has 134 valence electrons. The van der Waals surface area contributed by atoms with Crippen LogP contribution in [0.1, 0.15) is 24.3 Å². The lowest BCUT2D eigenvalue weighted by molar-refractivity contribution is 0.497. The Kier molecular flexibility index (Phi) is 4.01. The molecule has 0 saturated carbocycles. The van der Waals surface area contributed by atoms with Crippen molar-refractivity contribution >= 4 is 16.9 Å². The molecule has 4 heterocycles. The molecule has 5 rings (SSSR count). The summed E-state index contributed by atoms with van der Waals surface area (Å²) in [4.78, 5) is 11.0. The Morgan fingerprint density at radius 1 is 1.00 bits per heavy atom. The number of anilines is 1. The number of nitrogens with zero attached hydrogens (tertiary/aromatic N) is 5. The van der Waals surface area contributed by atoms with Crippen molar-refractivity contribution < 1.29 is 4.42 Å². The van der Waals surface area contributed by atoms with Crippen molar-refractivity contribution in [3.05, 3.63) is 66.6 Å². The number of fused-ring (bicyclic) bond motifs is 1. The van der Waals surface area contributed by atoms with Crippen molar-refractivity contribution in [3.63, 3.8) is 0 Å². The van der Waals surface area contributed by atoms with Crippen LogP contribution < -0.4 is 4.90 Å². The van der Waals surface area contributed by atoms with E-state index in [1.54, 1.807) is 6.20 Å². The van der Waals surface area contributed by atoms with Gasteiger partial charge in [-0.3, -0.25) is 4.98 Å². The predicted octanol–water partition coefficient (Wildman–Crippen LogP) is 4.06. The van der Waals surface area contributed by atoms with Crippen molar-refractivity contribution in [1.29, 1.82) is 0 Å². The Morgan fingerprint density at radius 3 is 2.63 bits per heavy atom. The summed E-state index contributed by atoms with van der Waals surface area (Å²) in [5, 5.41) is 9.48. The van der Waals surface area contributed by atoms with E-state index in [-0.39, 0.29) is 0 Å². The largest absolute Gasteiger partial charge is 0.454 e. The van der Waals surface area contributed by atoms with Crippen LogP contribution >= 0.6 is 0 Å². The van der Waals surface area contributed by atoms with Gasteiger partial charge in [-0.05, 0) is 48.6 Å². The molecule has 27 heavy (non-hydrogen) atoms. The Morgan fingerprint density at radius 2 is 1.81 bits per heavy atom. The minimum atomic E-state index is 0.566. The van der Waals surface area contributed by atoms with Gasteiger partial charge in [0.05, 0.1) is 6.20 Å². The molecular formula is C21H19N5O. The number of hydrogen-bond donors (Lipinski definition) is 0. The van der Waals surface area contributed by atoms with Crippen LogP contribution in [0.15, 0.2) is 65.5 Å². The van der Waals surface area contributed by atoms with E-state index in [2.05, 4.69) is 32.2 Å². The number of para-hydroxylation sites is 1. The maximum Gasteiger partial charge on any atom is 0.246 e. The quantitative estimate of drug-likeness (QED) is 0.551. The third kappa shape index (κ3) is 3.14. The maximum atomic E-state index is 5.92. The Labute approximate surface area is 156 Å². The van der Waals surface area contributed by atoms with Gasteiger partial charge in [-0.2, -0.15) is 5.10 Å². The summed E-state index contributed by atoms with van der Waals surface area (Å²) in [6.07, 6.45) is 7.53. The average molecular weight is 357 g/mol. The molecule has 0 atom stereocenters. The molecule has 0 unspecified atom stereocenters. The smallest absolute Gasteiger partial charge is 0.246 e. The van der Waals surface area contributed by atoms with Crippen LogP contribution in [0.4, 0.5) is 5.95 Å². The maximum absolute atomic E-state index is 5.92. The predicted molar refractivity (Wildman–Crippen MR) is 103 cm³/mol. The second kappa shape index (κ2) is 6.79. The molecule has 1 fully saturated rings. The molecule has 0 radical (unpaired) electrons. The highest BCUT2D eigenvalue weighted by Gasteiger charge is 2.23. The molecule has 4 aromatic rings. The molecule has 1 saturated heterocycles. The highest BCUT2D eigenvalue weighted by molar-refractivity contribution is 5.82. The van der Waals surface area contributed by atoms with Crippen LogP contribution in [0.2, 0.25) is 0 Å². The summed E-state index contributed by atoms with van der Waals surface area (Å²) >= 11 is 0. The van der Waals surface area contributed by atoms with Gasteiger partial charge in [-0.25, -0.2) is 4.98 Å². The zero-order chi connectivity index (χ0) is 18.1. The van der Waals surface area contributed by atoms with Crippen LogP contribution in [0.25, 0.3) is 22.4 Å². The normalized spacial score (nSPS) is 15.3. The first-order valence-electron chi connectivity index (χ1n) is 9.20. The molecule has 1 aliphatic rings. The van der Waals surface area contributed by atoms with E-state index in [1.807, 2.05) is 42.7 Å². The van der Waals surface area contributed by atoms with Gasteiger partial charge >= 0.3 is 0 Å². The summed E-state index contributed by atoms with van der Waals surface area (Å²) in [6.45, 7) is 1.83. The highest BCUT2D eigenvalue weighted by Crippen LogP contribution is 2.30. The molecule has 6 heteroatoms. The minimum absolute atomic E-state index is 0.566. The van der Waals surface area contributed by atoms with E-state index < -0.39 is 0 Å². The van der Waals surface area contributed by atoms with E-state index in [4.69, 9.17) is 9.40 Å². The summed E-state index contributed by atoms with van der Waals surface area (Å²) in [7, 11) is 0. The molecule has 1 aromatic carbocycles. The highest BCUT2D eigenvalue weighted by atomic mass is 16.3. The van der Waals surface area contributed by atoms with Crippen LogP contribution in [0.3, 0.4) is 0 Å². The van der Waals surface area contributed by atoms with Gasteiger partial charge in [-0.1, -0.05) is 18.2 Å². The van der Waals surface area contributed by atoms with E-state index in [0.717, 1.165) is 42.7 Å². The lowest BCUT2D eigenvalue weighted by Gasteiger charge is -2.31. The van der Waals surface area contributed by atoms with Crippen molar-refractivity contribution in [1.82, 2.24) is 20.2 Å². The lowest BCUT2D eigenvalue weighted by atomic mass is 9.90. The van der Waals surface area contributed by atoms with Crippen LogP contribution in [0, 0.1) is 0 Å². The Hall–Kier alpha value is -3.28. The number of aromatic nitrogens is 4. The first kappa shape index (κ1) is 15.9. The zero-order valence-electron chi connectivity index (χ0n) is 14.8. The topological polar surface area (TPSA) is 67.9 Å². The first-order chi connectivity index (χ1) is 13.4. The molecule has 0 amide bonds. The van der Waals surface area contributed by atoms with Gasteiger partial charge in [0.15, 0.2) is 5.76 Å². The van der Waals surface area contributed by atoms with Crippen LogP contribution in [0.5, 0.6) is 0 Å². The van der Waals surface area contributed by atoms with Gasteiger partial charge < -0.3 is 9.32 Å². The molecule has 0 aliphatic carbocycles. The first-order valence-corrected chi connectivity index (χ1v) is 9.20. The molecule has 1 aliphatic heterocycles. The number of furan rings is 1. The third-order valence-corrected chi connectivity index (χ3v) is 5.18. The molecule has 3 aromatic heterocycles. The average Bonchev–Trinajstić information content (AvgIpc) is 3.19. The van der Waals surface area contributed by atoms with E-state index in [0.29, 0.717) is 17.6 Å². The fraction of sp³-hybridized carbons (Fsp3) is 0.238. The fourth-order valence-electron chi connectivity index (χ4n) is 3.70. The molecule has 0 bridgehead atoms. The minimum Gasteiger partial charge on any atom is -0.454 e. The molecule has 0 N–H and O–H groups in total. The van der Waals surface area contributed by atoms with E-state index in [1.165, 1.54) is 5.56 Å².